The second-order valence-corrected chi connectivity index (χ2v) is 5.57. The van der Waals surface area contributed by atoms with Crippen molar-refractivity contribution in [3.63, 3.8) is 0 Å². The van der Waals surface area contributed by atoms with E-state index in [1.54, 1.807) is 0 Å². The molecule has 0 unspecified atom stereocenters. The van der Waals surface area contributed by atoms with E-state index in [-0.39, 0.29) is 11.3 Å². The Morgan fingerprint density at radius 3 is 2.29 bits per heavy atom. The van der Waals surface area contributed by atoms with Crippen molar-refractivity contribution >= 4 is 5.91 Å². The molecule has 0 aliphatic rings. The zero-order valence-electron chi connectivity index (χ0n) is 11.4. The fourth-order valence-corrected chi connectivity index (χ4v) is 1.84. The van der Waals surface area contributed by atoms with Gasteiger partial charge in [0.2, 0.25) is 5.91 Å². The molecule has 0 aliphatic carbocycles. The van der Waals surface area contributed by atoms with Gasteiger partial charge in [-0.05, 0) is 18.4 Å². The van der Waals surface area contributed by atoms with Crippen molar-refractivity contribution < 1.29 is 4.79 Å². The van der Waals surface area contributed by atoms with Crippen LogP contribution < -0.4 is 0 Å². The average Bonchev–Trinajstić information content (AvgIpc) is 2.28. The van der Waals surface area contributed by atoms with Crippen molar-refractivity contribution in [3.05, 3.63) is 35.9 Å². The molecule has 94 valence electrons. The van der Waals surface area contributed by atoms with Crippen LogP contribution in [0, 0.1) is 5.41 Å². The number of nitrogens with zero attached hydrogens (tertiary/aromatic N) is 1. The second-order valence-electron chi connectivity index (χ2n) is 5.57. The highest BCUT2D eigenvalue weighted by molar-refractivity contribution is 5.81. The summed E-state index contributed by atoms with van der Waals surface area (Å²) in [4.78, 5) is 13.8. The normalized spacial score (nSPS) is 11.3. The molecule has 2 nitrogen and oxygen atoms in total. The van der Waals surface area contributed by atoms with Crippen LogP contribution in [0.25, 0.3) is 0 Å². The molecule has 0 aliphatic heterocycles. The minimum atomic E-state index is -0.276. The zero-order chi connectivity index (χ0) is 12.9. The lowest BCUT2D eigenvalue weighted by Crippen LogP contribution is -2.37. The summed E-state index contributed by atoms with van der Waals surface area (Å²) >= 11 is 0. The molecule has 1 aromatic carbocycles. The summed E-state index contributed by atoms with van der Waals surface area (Å²) in [5.41, 5.74) is 1.06. The number of rotatable bonds is 4. The summed E-state index contributed by atoms with van der Waals surface area (Å²) in [7, 11) is 1.89. The van der Waals surface area contributed by atoms with Gasteiger partial charge in [0, 0.05) is 19.0 Å². The summed E-state index contributed by atoms with van der Waals surface area (Å²) in [5, 5.41) is 0. The van der Waals surface area contributed by atoms with Gasteiger partial charge in [0.15, 0.2) is 0 Å². The molecular formula is C15H23NO. The minimum Gasteiger partial charge on any atom is -0.345 e. The van der Waals surface area contributed by atoms with Crippen LogP contribution in [0.4, 0.5) is 0 Å². The van der Waals surface area contributed by atoms with Crippen LogP contribution >= 0.6 is 0 Å². The maximum atomic E-state index is 11.9. The van der Waals surface area contributed by atoms with Crippen molar-refractivity contribution in [3.8, 4) is 0 Å². The Kier molecular flexibility index (Phi) is 4.73. The van der Waals surface area contributed by atoms with Crippen LogP contribution in [-0.4, -0.2) is 24.4 Å². The summed E-state index contributed by atoms with van der Waals surface area (Å²) in [6.07, 6.45) is 2.05. The number of hydrogen-bond donors (Lipinski definition) is 0. The fraction of sp³-hybridized carbons (Fsp3) is 0.533. The van der Waals surface area contributed by atoms with E-state index in [2.05, 4.69) is 24.3 Å². The van der Waals surface area contributed by atoms with E-state index in [1.165, 1.54) is 5.56 Å². The third-order valence-electron chi connectivity index (χ3n) is 2.79. The van der Waals surface area contributed by atoms with Crippen LogP contribution in [0.5, 0.6) is 0 Å². The van der Waals surface area contributed by atoms with Crippen molar-refractivity contribution in [1.82, 2.24) is 4.90 Å². The number of hydrogen-bond acceptors (Lipinski definition) is 1. The van der Waals surface area contributed by atoms with Crippen LogP contribution in [0.15, 0.2) is 30.3 Å². The smallest absolute Gasteiger partial charge is 0.227 e. The third-order valence-corrected chi connectivity index (χ3v) is 2.79. The molecule has 0 spiro atoms. The highest BCUT2D eigenvalue weighted by Crippen LogP contribution is 2.16. The first-order valence-electron chi connectivity index (χ1n) is 6.21. The molecule has 0 radical (unpaired) electrons. The fourth-order valence-electron chi connectivity index (χ4n) is 1.84. The number of aryl methyl sites for hydroxylation is 1. The summed E-state index contributed by atoms with van der Waals surface area (Å²) < 4.78 is 0. The molecule has 0 N–H and O–H groups in total. The van der Waals surface area contributed by atoms with Gasteiger partial charge < -0.3 is 4.90 Å². The standard InChI is InChI=1S/C15H23NO/c1-15(2,3)14(17)16(4)12-8-11-13-9-6-5-7-10-13/h5-7,9-10H,8,11-12H2,1-4H3. The lowest BCUT2D eigenvalue weighted by atomic mass is 9.95. The summed E-state index contributed by atoms with van der Waals surface area (Å²) in [5.74, 6) is 0.213. The molecule has 1 amide bonds. The zero-order valence-corrected chi connectivity index (χ0v) is 11.4. The molecular weight excluding hydrogens is 210 g/mol. The van der Waals surface area contributed by atoms with Gasteiger partial charge in [-0.1, -0.05) is 51.1 Å². The van der Waals surface area contributed by atoms with Crippen molar-refractivity contribution in [1.29, 1.82) is 0 Å². The number of amides is 1. The van der Waals surface area contributed by atoms with Gasteiger partial charge in [-0.3, -0.25) is 4.79 Å². The Morgan fingerprint density at radius 1 is 1.18 bits per heavy atom. The molecule has 0 fully saturated rings. The molecule has 0 atom stereocenters. The minimum absolute atomic E-state index is 0.213. The molecule has 2 heteroatoms. The van der Waals surface area contributed by atoms with E-state index in [4.69, 9.17) is 0 Å². The Morgan fingerprint density at radius 2 is 1.76 bits per heavy atom. The SMILES string of the molecule is CN(CCCc1ccccc1)C(=O)C(C)(C)C. The monoisotopic (exact) mass is 233 g/mol. The molecule has 17 heavy (non-hydrogen) atoms. The van der Waals surface area contributed by atoms with Gasteiger partial charge in [-0.25, -0.2) is 0 Å². The van der Waals surface area contributed by atoms with Crippen LogP contribution in [0.1, 0.15) is 32.8 Å². The number of benzene rings is 1. The van der Waals surface area contributed by atoms with Gasteiger partial charge >= 0.3 is 0 Å². The molecule has 0 saturated carbocycles. The summed E-state index contributed by atoms with van der Waals surface area (Å²) in [6.45, 7) is 6.71. The molecule has 1 aromatic rings. The van der Waals surface area contributed by atoms with Gasteiger partial charge in [0.25, 0.3) is 0 Å². The van der Waals surface area contributed by atoms with Gasteiger partial charge in [0.05, 0.1) is 0 Å². The number of carbonyl (C=O) groups is 1. The lowest BCUT2D eigenvalue weighted by molar-refractivity contribution is -0.138. The Bertz CT molecular complexity index is 351. The largest absolute Gasteiger partial charge is 0.345 e. The predicted molar refractivity (Wildman–Crippen MR) is 71.9 cm³/mol. The Hall–Kier alpha value is -1.31. The van der Waals surface area contributed by atoms with E-state index in [9.17, 15) is 4.79 Å². The van der Waals surface area contributed by atoms with Gasteiger partial charge in [0.1, 0.15) is 0 Å². The van der Waals surface area contributed by atoms with Crippen molar-refractivity contribution in [2.24, 2.45) is 5.41 Å². The maximum Gasteiger partial charge on any atom is 0.227 e. The van der Waals surface area contributed by atoms with E-state index in [0.717, 1.165) is 19.4 Å². The van der Waals surface area contributed by atoms with E-state index >= 15 is 0 Å². The first-order valence-corrected chi connectivity index (χ1v) is 6.21. The topological polar surface area (TPSA) is 20.3 Å². The average molecular weight is 233 g/mol. The maximum absolute atomic E-state index is 11.9. The van der Waals surface area contributed by atoms with Crippen molar-refractivity contribution in [2.75, 3.05) is 13.6 Å². The first-order chi connectivity index (χ1) is 7.91. The molecule has 0 heterocycles. The van der Waals surface area contributed by atoms with E-state index in [0.29, 0.717) is 0 Å². The number of carbonyl (C=O) groups excluding carboxylic acids is 1. The molecule has 0 aromatic heterocycles. The van der Waals surface area contributed by atoms with Gasteiger partial charge in [-0.2, -0.15) is 0 Å². The van der Waals surface area contributed by atoms with Crippen molar-refractivity contribution in [2.45, 2.75) is 33.6 Å². The second kappa shape index (κ2) is 5.85. The lowest BCUT2D eigenvalue weighted by Gasteiger charge is -2.25. The predicted octanol–water partition coefficient (Wildman–Crippen LogP) is 3.12. The summed E-state index contributed by atoms with van der Waals surface area (Å²) in [6, 6.07) is 10.4. The Balaban J connectivity index is 2.35. The Labute approximate surface area is 105 Å². The molecule has 1 rings (SSSR count). The van der Waals surface area contributed by atoms with Gasteiger partial charge in [-0.15, -0.1) is 0 Å². The van der Waals surface area contributed by atoms with E-state index in [1.807, 2.05) is 38.8 Å². The van der Waals surface area contributed by atoms with Crippen LogP contribution in [0.2, 0.25) is 0 Å². The highest BCUT2D eigenvalue weighted by Gasteiger charge is 2.24. The van der Waals surface area contributed by atoms with E-state index < -0.39 is 0 Å². The van der Waals surface area contributed by atoms with Crippen LogP contribution in [0.3, 0.4) is 0 Å². The molecule has 0 saturated heterocycles. The molecule has 0 bridgehead atoms. The first kappa shape index (κ1) is 13.8. The highest BCUT2D eigenvalue weighted by atomic mass is 16.2. The van der Waals surface area contributed by atoms with Crippen LogP contribution in [-0.2, 0) is 11.2 Å². The quantitative estimate of drug-likeness (QED) is 0.782. The third kappa shape index (κ3) is 4.59.